The zero-order valence-electron chi connectivity index (χ0n) is 18.4. The van der Waals surface area contributed by atoms with E-state index in [9.17, 15) is 19.6 Å². The molecule has 2 aromatic rings. The highest BCUT2D eigenvalue weighted by molar-refractivity contribution is 8.03. The fraction of sp³-hybridized carbons (Fsp3) is 0.280. The number of dihydropyridines is 1. The van der Waals surface area contributed by atoms with Crippen LogP contribution in [0.25, 0.3) is 0 Å². The Morgan fingerprint density at radius 3 is 2.61 bits per heavy atom. The first kappa shape index (κ1) is 22.6. The minimum absolute atomic E-state index is 0.0198. The Labute approximate surface area is 195 Å². The van der Waals surface area contributed by atoms with Crippen molar-refractivity contribution in [2.24, 2.45) is 0 Å². The second-order valence-corrected chi connectivity index (χ2v) is 8.99. The molecule has 4 rings (SSSR count). The minimum atomic E-state index is -0.572. The van der Waals surface area contributed by atoms with Crippen molar-refractivity contribution in [2.45, 2.75) is 39.0 Å². The van der Waals surface area contributed by atoms with Crippen LogP contribution in [0.4, 0.5) is 5.69 Å². The number of rotatable bonds is 6. The molecule has 1 atom stereocenters. The van der Waals surface area contributed by atoms with Crippen molar-refractivity contribution in [1.82, 2.24) is 5.32 Å². The Bertz CT molecular complexity index is 1230. The molecule has 2 heterocycles. The highest BCUT2D eigenvalue weighted by atomic mass is 32.2. The third kappa shape index (κ3) is 4.78. The van der Waals surface area contributed by atoms with Crippen LogP contribution in [-0.4, -0.2) is 23.2 Å². The second-order valence-electron chi connectivity index (χ2n) is 8.00. The lowest BCUT2D eigenvalue weighted by atomic mass is 9.79. The van der Waals surface area contributed by atoms with Gasteiger partial charge in [-0.3, -0.25) is 14.4 Å². The summed E-state index contributed by atoms with van der Waals surface area (Å²) in [5.74, 6) is 0.495. The number of ketones is 2. The number of hydrogen-bond acceptors (Lipinski definition) is 7. The molecule has 1 amide bonds. The second kappa shape index (κ2) is 9.51. The molecule has 168 valence electrons. The summed E-state index contributed by atoms with van der Waals surface area (Å²) < 4.78 is 5.82. The maximum Gasteiger partial charge on any atom is 0.234 e. The number of carbonyl (C=O) groups excluding carboxylic acids is 3. The summed E-state index contributed by atoms with van der Waals surface area (Å²) in [6, 6.07) is 12.5. The SMILES string of the molecule is CC(=O)c1ccc(NC(=O)CSC2=C(C#N)[C@H](c3ccc(C)o3)C3=C(CCCC3=O)N2)cc1. The molecular weight excluding hydrogens is 438 g/mol. The van der Waals surface area contributed by atoms with E-state index in [0.717, 1.165) is 12.1 Å². The van der Waals surface area contributed by atoms with Gasteiger partial charge >= 0.3 is 0 Å². The lowest BCUT2D eigenvalue weighted by molar-refractivity contribution is -0.116. The average Bonchev–Trinajstić information content (AvgIpc) is 3.23. The van der Waals surface area contributed by atoms with Crippen molar-refractivity contribution in [3.63, 3.8) is 0 Å². The van der Waals surface area contributed by atoms with E-state index in [2.05, 4.69) is 16.7 Å². The normalized spacial score (nSPS) is 17.8. The van der Waals surface area contributed by atoms with Gasteiger partial charge in [-0.05, 0) is 63.1 Å². The van der Waals surface area contributed by atoms with Crippen molar-refractivity contribution in [3.05, 3.63) is 75.4 Å². The van der Waals surface area contributed by atoms with E-state index < -0.39 is 5.92 Å². The van der Waals surface area contributed by atoms with E-state index in [-0.39, 0.29) is 23.2 Å². The van der Waals surface area contributed by atoms with Gasteiger partial charge in [0.2, 0.25) is 5.91 Å². The first-order valence-corrected chi connectivity index (χ1v) is 11.6. The number of amides is 1. The first-order valence-electron chi connectivity index (χ1n) is 10.6. The molecule has 0 saturated heterocycles. The fourth-order valence-corrected chi connectivity index (χ4v) is 4.92. The molecule has 0 radical (unpaired) electrons. The summed E-state index contributed by atoms with van der Waals surface area (Å²) in [6.45, 7) is 3.31. The van der Waals surface area contributed by atoms with Gasteiger partial charge in [-0.15, -0.1) is 0 Å². The Morgan fingerprint density at radius 2 is 1.97 bits per heavy atom. The summed E-state index contributed by atoms with van der Waals surface area (Å²) in [6.07, 6.45) is 1.89. The zero-order valence-corrected chi connectivity index (χ0v) is 19.2. The van der Waals surface area contributed by atoms with Crippen molar-refractivity contribution >= 4 is 34.9 Å². The van der Waals surface area contributed by atoms with E-state index in [0.29, 0.717) is 51.8 Å². The molecule has 0 spiro atoms. The van der Waals surface area contributed by atoms with Crippen molar-refractivity contribution < 1.29 is 18.8 Å². The number of allylic oxidation sites excluding steroid dienone is 3. The number of carbonyl (C=O) groups is 3. The maximum atomic E-state index is 12.8. The molecule has 0 unspecified atom stereocenters. The Hall–Kier alpha value is -3.57. The Balaban J connectivity index is 1.54. The number of nitriles is 1. The maximum absolute atomic E-state index is 12.8. The molecule has 1 aliphatic carbocycles. The number of thioether (sulfide) groups is 1. The molecule has 0 bridgehead atoms. The standard InChI is InChI=1S/C25H23N3O4S/c1-14-6-11-21(32-14)23-18(12-26)25(28-19-4-3-5-20(30)24(19)23)33-13-22(31)27-17-9-7-16(8-10-17)15(2)29/h6-11,23,28H,3-5,13H2,1-2H3,(H,27,31)/t23-/m1/s1. The van der Waals surface area contributed by atoms with Gasteiger partial charge in [0, 0.05) is 28.9 Å². The minimum Gasteiger partial charge on any atom is -0.465 e. The van der Waals surface area contributed by atoms with Crippen LogP contribution in [-0.2, 0) is 9.59 Å². The predicted octanol–water partition coefficient (Wildman–Crippen LogP) is 4.59. The van der Waals surface area contributed by atoms with E-state index in [4.69, 9.17) is 4.42 Å². The zero-order chi connectivity index (χ0) is 23.5. The van der Waals surface area contributed by atoms with E-state index in [1.165, 1.54) is 18.7 Å². The van der Waals surface area contributed by atoms with Gasteiger partial charge in [0.05, 0.1) is 28.3 Å². The summed E-state index contributed by atoms with van der Waals surface area (Å²) in [5, 5.41) is 16.6. The van der Waals surface area contributed by atoms with Crippen LogP contribution < -0.4 is 10.6 Å². The third-order valence-corrected chi connectivity index (χ3v) is 6.65. The largest absolute Gasteiger partial charge is 0.465 e. The molecule has 8 heteroatoms. The van der Waals surface area contributed by atoms with Gasteiger partial charge in [0.1, 0.15) is 11.5 Å². The predicted molar refractivity (Wildman–Crippen MR) is 125 cm³/mol. The van der Waals surface area contributed by atoms with Crippen molar-refractivity contribution in [2.75, 3.05) is 11.1 Å². The van der Waals surface area contributed by atoms with Crippen molar-refractivity contribution in [1.29, 1.82) is 5.26 Å². The Morgan fingerprint density at radius 1 is 1.21 bits per heavy atom. The number of nitrogens with one attached hydrogen (secondary N) is 2. The summed E-state index contributed by atoms with van der Waals surface area (Å²) in [4.78, 5) is 36.7. The lowest BCUT2D eigenvalue weighted by Gasteiger charge is -2.32. The first-order chi connectivity index (χ1) is 15.9. The molecule has 2 aliphatic rings. The molecule has 1 aromatic carbocycles. The van der Waals surface area contributed by atoms with E-state index in [1.54, 1.807) is 30.3 Å². The molecule has 33 heavy (non-hydrogen) atoms. The number of hydrogen-bond donors (Lipinski definition) is 2. The van der Waals surface area contributed by atoms with Gasteiger partial charge in [0.25, 0.3) is 0 Å². The number of Topliss-reactive ketones (excluding diaryl/α,β-unsaturated/α-hetero) is 2. The number of nitrogens with zero attached hydrogens (tertiary/aromatic N) is 1. The van der Waals surface area contributed by atoms with Gasteiger partial charge in [-0.25, -0.2) is 0 Å². The van der Waals surface area contributed by atoms with Gasteiger partial charge in [-0.2, -0.15) is 5.26 Å². The highest BCUT2D eigenvalue weighted by Crippen LogP contribution is 2.44. The van der Waals surface area contributed by atoms with Gasteiger partial charge < -0.3 is 15.1 Å². The van der Waals surface area contributed by atoms with Crippen LogP contribution in [0.5, 0.6) is 0 Å². The average molecular weight is 462 g/mol. The summed E-state index contributed by atoms with van der Waals surface area (Å²) in [7, 11) is 0. The van der Waals surface area contributed by atoms with Gasteiger partial charge in [0.15, 0.2) is 11.6 Å². The molecule has 1 aliphatic heterocycles. The number of furan rings is 1. The van der Waals surface area contributed by atoms with Crippen LogP contribution in [0.2, 0.25) is 0 Å². The van der Waals surface area contributed by atoms with Gasteiger partial charge in [-0.1, -0.05) is 11.8 Å². The molecular formula is C25H23N3O4S. The molecule has 2 N–H and O–H groups in total. The van der Waals surface area contributed by atoms with E-state index in [1.807, 2.05) is 13.0 Å². The Kier molecular flexibility index (Phi) is 6.52. The summed E-state index contributed by atoms with van der Waals surface area (Å²) in [5.41, 5.74) is 2.92. The quantitative estimate of drug-likeness (QED) is 0.605. The van der Waals surface area contributed by atoms with E-state index >= 15 is 0 Å². The van der Waals surface area contributed by atoms with Crippen LogP contribution in [0.15, 0.2) is 62.7 Å². The molecule has 1 aromatic heterocycles. The van der Waals surface area contributed by atoms with Crippen molar-refractivity contribution in [3.8, 4) is 6.07 Å². The van der Waals surface area contributed by atoms with Crippen LogP contribution in [0.1, 0.15) is 54.0 Å². The van der Waals surface area contributed by atoms with Crippen LogP contribution >= 0.6 is 11.8 Å². The van der Waals surface area contributed by atoms with Crippen LogP contribution in [0.3, 0.4) is 0 Å². The monoisotopic (exact) mass is 461 g/mol. The molecule has 0 fully saturated rings. The lowest BCUT2D eigenvalue weighted by Crippen LogP contribution is -2.31. The number of anilines is 1. The number of benzene rings is 1. The molecule has 0 saturated carbocycles. The third-order valence-electron chi connectivity index (χ3n) is 5.63. The topological polar surface area (TPSA) is 112 Å². The number of aryl methyl sites for hydroxylation is 1. The summed E-state index contributed by atoms with van der Waals surface area (Å²) >= 11 is 1.22. The molecule has 7 nitrogen and oxygen atoms in total. The smallest absolute Gasteiger partial charge is 0.234 e. The van der Waals surface area contributed by atoms with Crippen LogP contribution in [0, 0.1) is 18.3 Å². The highest BCUT2D eigenvalue weighted by Gasteiger charge is 2.38. The fourth-order valence-electron chi connectivity index (χ4n) is 4.05.